The van der Waals surface area contributed by atoms with E-state index in [0.717, 1.165) is 24.5 Å². The van der Waals surface area contributed by atoms with Gasteiger partial charge in [-0.25, -0.2) is 27.2 Å². The molecule has 4 rings (SSSR count). The van der Waals surface area contributed by atoms with Crippen molar-refractivity contribution < 1.29 is 30.4 Å². The third-order valence-electron chi connectivity index (χ3n) is 7.29. The van der Waals surface area contributed by atoms with E-state index in [-0.39, 0.29) is 18.0 Å². The van der Waals surface area contributed by atoms with E-state index >= 15 is 0 Å². The molecule has 224 valence electrons. The Balaban J connectivity index is 1.56. The van der Waals surface area contributed by atoms with Crippen molar-refractivity contribution in [3.63, 3.8) is 0 Å². The molecule has 13 heteroatoms. The summed E-state index contributed by atoms with van der Waals surface area (Å²) in [5.74, 6) is -1.69. The Hall–Kier alpha value is -3.06. The standard InChI is InChI=1S/C28H34F5N5O2S/c1-16(2)21-12-18(17-5-7-24(22(29)13-17)37-41(39,40)10-9-28(31,32)33)11-19-15-34-27(36-26(19)21)35-20-6-8-25(38(3)4)23(30)14-20/h5,7,11-13,15-16,20,23,25,37H,6,8-10,14H2,1-4H3,(H,34,35,36)/t20-,23?,25-/m0/s1. The van der Waals surface area contributed by atoms with Gasteiger partial charge in [0, 0.05) is 30.1 Å². The number of hydrogen-bond donors (Lipinski definition) is 2. The average molecular weight is 600 g/mol. The molecule has 3 atom stereocenters. The molecule has 0 radical (unpaired) electrons. The molecule has 1 aliphatic carbocycles. The molecule has 0 spiro atoms. The SMILES string of the molecule is CC(C)c1cc(-c2ccc(NS(=O)(=O)CCC(F)(F)F)c(F)c2)cc2cnc(N[C@H]3CC[C@H](N(C)C)C(F)C3)nc12. The normalized spacial score (nSPS) is 20.1. The van der Waals surface area contributed by atoms with E-state index in [1.165, 1.54) is 12.1 Å². The van der Waals surface area contributed by atoms with Crippen LogP contribution in [0.2, 0.25) is 0 Å². The Morgan fingerprint density at radius 3 is 2.44 bits per heavy atom. The summed E-state index contributed by atoms with van der Waals surface area (Å²) >= 11 is 0. The van der Waals surface area contributed by atoms with Crippen LogP contribution in [0.1, 0.15) is 51.0 Å². The minimum absolute atomic E-state index is 0.0375. The zero-order chi connectivity index (χ0) is 30.1. The molecule has 1 heterocycles. The number of halogens is 5. The highest BCUT2D eigenvalue weighted by molar-refractivity contribution is 7.92. The molecular formula is C28H34F5N5O2S. The Morgan fingerprint density at radius 2 is 1.83 bits per heavy atom. The Bertz CT molecular complexity index is 1500. The van der Waals surface area contributed by atoms with Gasteiger partial charge in [-0.15, -0.1) is 0 Å². The highest BCUT2D eigenvalue weighted by Crippen LogP contribution is 2.33. The lowest BCUT2D eigenvalue weighted by atomic mass is 9.89. The molecule has 1 unspecified atom stereocenters. The van der Waals surface area contributed by atoms with Gasteiger partial charge < -0.3 is 10.2 Å². The second-order valence-corrected chi connectivity index (χ2v) is 12.9. The Morgan fingerprint density at radius 1 is 1.10 bits per heavy atom. The monoisotopic (exact) mass is 599 g/mol. The van der Waals surface area contributed by atoms with Crippen LogP contribution in [0.15, 0.2) is 36.5 Å². The minimum Gasteiger partial charge on any atom is -0.351 e. The lowest BCUT2D eigenvalue weighted by Gasteiger charge is -2.35. The molecule has 0 aliphatic heterocycles. The van der Waals surface area contributed by atoms with Gasteiger partial charge in [-0.2, -0.15) is 13.2 Å². The summed E-state index contributed by atoms with van der Waals surface area (Å²) in [6.45, 7) is 3.98. The maximum atomic E-state index is 14.9. The predicted molar refractivity (Wildman–Crippen MR) is 151 cm³/mol. The van der Waals surface area contributed by atoms with Gasteiger partial charge in [-0.3, -0.25) is 4.72 Å². The number of sulfonamides is 1. The number of aromatic nitrogens is 2. The van der Waals surface area contributed by atoms with Crippen molar-refractivity contribution in [2.45, 2.75) is 69.9 Å². The van der Waals surface area contributed by atoms with Crippen LogP contribution in [-0.2, 0) is 10.0 Å². The zero-order valence-electron chi connectivity index (χ0n) is 23.3. The van der Waals surface area contributed by atoms with Crippen LogP contribution in [0.3, 0.4) is 0 Å². The molecule has 1 aliphatic rings. The molecule has 7 nitrogen and oxygen atoms in total. The summed E-state index contributed by atoms with van der Waals surface area (Å²) in [4.78, 5) is 11.1. The van der Waals surface area contributed by atoms with Gasteiger partial charge in [0.05, 0.1) is 23.4 Å². The summed E-state index contributed by atoms with van der Waals surface area (Å²) in [6.07, 6.45) is -3.61. The summed E-state index contributed by atoms with van der Waals surface area (Å²) < 4.78 is 92.7. The van der Waals surface area contributed by atoms with Crippen molar-refractivity contribution >= 4 is 32.6 Å². The fraction of sp³-hybridized carbons (Fsp3) is 0.500. The third-order valence-corrected chi connectivity index (χ3v) is 8.56. The van der Waals surface area contributed by atoms with Gasteiger partial charge in [0.15, 0.2) is 0 Å². The van der Waals surface area contributed by atoms with Gasteiger partial charge in [-0.05, 0) is 73.8 Å². The van der Waals surface area contributed by atoms with E-state index in [1.807, 2.05) is 43.6 Å². The van der Waals surface area contributed by atoms with E-state index in [2.05, 4.69) is 10.3 Å². The van der Waals surface area contributed by atoms with Gasteiger partial charge in [0.2, 0.25) is 16.0 Å². The lowest BCUT2D eigenvalue weighted by Crippen LogP contribution is -2.44. The van der Waals surface area contributed by atoms with Crippen molar-refractivity contribution in [1.82, 2.24) is 14.9 Å². The van der Waals surface area contributed by atoms with E-state index in [9.17, 15) is 30.4 Å². The van der Waals surface area contributed by atoms with E-state index in [0.29, 0.717) is 34.4 Å². The van der Waals surface area contributed by atoms with Gasteiger partial charge in [0.1, 0.15) is 12.0 Å². The second kappa shape index (κ2) is 12.0. The first kappa shape index (κ1) is 30.9. The van der Waals surface area contributed by atoms with Crippen LogP contribution in [0.5, 0.6) is 0 Å². The van der Waals surface area contributed by atoms with Crippen molar-refractivity contribution in [3.8, 4) is 11.1 Å². The zero-order valence-corrected chi connectivity index (χ0v) is 24.1. The topological polar surface area (TPSA) is 87.2 Å². The number of hydrogen-bond acceptors (Lipinski definition) is 6. The van der Waals surface area contributed by atoms with Gasteiger partial charge in [0.25, 0.3) is 0 Å². The number of alkyl halides is 4. The Kier molecular flexibility index (Phi) is 9.07. The van der Waals surface area contributed by atoms with E-state index in [4.69, 9.17) is 4.98 Å². The highest BCUT2D eigenvalue weighted by atomic mass is 32.2. The Labute approximate surface area is 236 Å². The number of benzene rings is 2. The van der Waals surface area contributed by atoms with Gasteiger partial charge >= 0.3 is 6.18 Å². The maximum absolute atomic E-state index is 14.9. The number of nitrogens with zero attached hydrogens (tertiary/aromatic N) is 3. The summed E-state index contributed by atoms with van der Waals surface area (Å²) in [5, 5.41) is 3.98. The molecule has 1 saturated carbocycles. The summed E-state index contributed by atoms with van der Waals surface area (Å²) in [6, 6.07) is 7.25. The predicted octanol–water partition coefficient (Wildman–Crippen LogP) is 6.49. The first-order valence-electron chi connectivity index (χ1n) is 13.4. The molecule has 3 aromatic rings. The lowest BCUT2D eigenvalue weighted by molar-refractivity contribution is -0.129. The van der Waals surface area contributed by atoms with E-state index in [1.54, 1.807) is 12.3 Å². The summed E-state index contributed by atoms with van der Waals surface area (Å²) in [7, 11) is -0.633. The smallest absolute Gasteiger partial charge is 0.351 e. The molecule has 2 N–H and O–H groups in total. The number of rotatable bonds is 9. The van der Waals surface area contributed by atoms with Gasteiger partial charge in [-0.1, -0.05) is 19.9 Å². The molecule has 1 fully saturated rings. The van der Waals surface area contributed by atoms with Crippen LogP contribution in [-0.4, -0.2) is 67.6 Å². The van der Waals surface area contributed by atoms with Crippen molar-refractivity contribution in [1.29, 1.82) is 0 Å². The molecule has 1 aromatic heterocycles. The van der Waals surface area contributed by atoms with E-state index < -0.39 is 46.0 Å². The van der Waals surface area contributed by atoms with Crippen molar-refractivity contribution in [2.75, 3.05) is 29.9 Å². The minimum atomic E-state index is -4.65. The molecule has 41 heavy (non-hydrogen) atoms. The van der Waals surface area contributed by atoms with Crippen LogP contribution in [0.25, 0.3) is 22.0 Å². The quantitative estimate of drug-likeness (QED) is 0.274. The van der Waals surface area contributed by atoms with Crippen LogP contribution < -0.4 is 10.0 Å². The first-order chi connectivity index (χ1) is 19.1. The molecular weight excluding hydrogens is 565 g/mol. The number of anilines is 2. The summed E-state index contributed by atoms with van der Waals surface area (Å²) in [5.41, 5.74) is 2.22. The third kappa shape index (κ3) is 7.82. The average Bonchev–Trinajstić information content (AvgIpc) is 2.87. The number of nitrogens with one attached hydrogen (secondary N) is 2. The fourth-order valence-electron chi connectivity index (χ4n) is 5.09. The molecule has 2 aromatic carbocycles. The largest absolute Gasteiger partial charge is 0.390 e. The number of fused-ring (bicyclic) bond motifs is 1. The second-order valence-electron chi connectivity index (χ2n) is 11.0. The van der Waals surface area contributed by atoms with Crippen molar-refractivity contribution in [3.05, 3.63) is 47.9 Å². The van der Waals surface area contributed by atoms with Crippen LogP contribution in [0.4, 0.5) is 33.6 Å². The maximum Gasteiger partial charge on any atom is 0.390 e. The fourth-order valence-corrected chi connectivity index (χ4v) is 6.19. The molecule has 0 amide bonds. The molecule has 0 saturated heterocycles. The molecule has 0 bridgehead atoms. The van der Waals surface area contributed by atoms with Crippen molar-refractivity contribution in [2.24, 2.45) is 0 Å². The van der Waals surface area contributed by atoms with Crippen LogP contribution in [0, 0.1) is 5.82 Å². The highest BCUT2D eigenvalue weighted by Gasteiger charge is 2.32. The van der Waals surface area contributed by atoms with Crippen LogP contribution >= 0.6 is 0 Å². The first-order valence-corrected chi connectivity index (χ1v) is 15.0.